The quantitative estimate of drug-likeness (QED) is 0.870. The third-order valence-corrected chi connectivity index (χ3v) is 4.20. The molecule has 1 heterocycles. The highest BCUT2D eigenvalue weighted by Gasteiger charge is 2.13. The van der Waals surface area contributed by atoms with E-state index in [0.29, 0.717) is 12.1 Å². The van der Waals surface area contributed by atoms with Gasteiger partial charge in [0.1, 0.15) is 5.00 Å². The van der Waals surface area contributed by atoms with Crippen LogP contribution in [0, 0.1) is 0 Å². The van der Waals surface area contributed by atoms with Crippen molar-refractivity contribution in [3.05, 3.63) is 24.3 Å². The highest BCUT2D eigenvalue weighted by Crippen LogP contribution is 2.26. The summed E-state index contributed by atoms with van der Waals surface area (Å²) in [5.74, 6) is 0. The first-order chi connectivity index (χ1) is 9.09. The molecule has 2 aromatic rings. The third-order valence-electron chi connectivity index (χ3n) is 3.37. The zero-order valence-electron chi connectivity index (χ0n) is 12.2. The van der Waals surface area contributed by atoms with Gasteiger partial charge in [0.05, 0.1) is 5.52 Å². The number of fused-ring (bicyclic) bond motifs is 1. The Morgan fingerprint density at radius 2 is 1.84 bits per heavy atom. The Morgan fingerprint density at radius 3 is 2.53 bits per heavy atom. The number of hydrogen-bond donors (Lipinski definition) is 1. The summed E-state index contributed by atoms with van der Waals surface area (Å²) in [6.07, 6.45) is 0. The van der Waals surface area contributed by atoms with E-state index in [1.165, 1.54) is 10.4 Å². The Morgan fingerprint density at radius 1 is 1.16 bits per heavy atom. The van der Waals surface area contributed by atoms with Gasteiger partial charge in [0.25, 0.3) is 0 Å². The fourth-order valence-electron chi connectivity index (χ4n) is 2.43. The first-order valence-electron chi connectivity index (χ1n) is 6.93. The standard InChI is InChI=1S/C15H23N3S/c1-11(2)18(12(3)4)10-9-16-15-13-7-5-6-8-14(13)17-19-15/h5-8,11-12,16H,9-10H2,1-4H3. The molecule has 0 unspecified atom stereocenters. The average molecular weight is 277 g/mol. The van der Waals surface area contributed by atoms with Crippen LogP contribution in [0.1, 0.15) is 27.7 Å². The first-order valence-corrected chi connectivity index (χ1v) is 7.71. The maximum Gasteiger partial charge on any atom is 0.117 e. The highest BCUT2D eigenvalue weighted by molar-refractivity contribution is 7.11. The minimum absolute atomic E-state index is 0.583. The van der Waals surface area contributed by atoms with Crippen molar-refractivity contribution in [3.63, 3.8) is 0 Å². The van der Waals surface area contributed by atoms with Crippen molar-refractivity contribution in [2.24, 2.45) is 0 Å². The van der Waals surface area contributed by atoms with E-state index in [2.05, 4.69) is 60.5 Å². The molecular formula is C15H23N3S. The number of nitrogens with one attached hydrogen (secondary N) is 1. The van der Waals surface area contributed by atoms with Gasteiger partial charge >= 0.3 is 0 Å². The van der Waals surface area contributed by atoms with E-state index < -0.39 is 0 Å². The van der Waals surface area contributed by atoms with E-state index >= 15 is 0 Å². The van der Waals surface area contributed by atoms with Crippen LogP contribution in [0.5, 0.6) is 0 Å². The first kappa shape index (κ1) is 14.3. The molecule has 0 atom stereocenters. The van der Waals surface area contributed by atoms with E-state index in [4.69, 9.17) is 0 Å². The van der Waals surface area contributed by atoms with Crippen molar-refractivity contribution >= 4 is 27.4 Å². The van der Waals surface area contributed by atoms with E-state index in [1.807, 2.05) is 6.07 Å². The minimum Gasteiger partial charge on any atom is -0.374 e. The van der Waals surface area contributed by atoms with Gasteiger partial charge in [-0.05, 0) is 51.4 Å². The fraction of sp³-hybridized carbons (Fsp3) is 0.533. The molecule has 0 spiro atoms. The Labute approximate surface area is 119 Å². The fourth-order valence-corrected chi connectivity index (χ4v) is 3.21. The van der Waals surface area contributed by atoms with Crippen LogP contribution in [-0.4, -0.2) is 34.4 Å². The zero-order valence-corrected chi connectivity index (χ0v) is 13.0. The van der Waals surface area contributed by atoms with E-state index in [0.717, 1.165) is 18.6 Å². The van der Waals surface area contributed by atoms with E-state index in [9.17, 15) is 0 Å². The maximum absolute atomic E-state index is 4.45. The van der Waals surface area contributed by atoms with Gasteiger partial charge in [-0.15, -0.1) is 0 Å². The van der Waals surface area contributed by atoms with Gasteiger partial charge in [0.2, 0.25) is 0 Å². The molecule has 0 saturated heterocycles. The van der Waals surface area contributed by atoms with Crippen molar-refractivity contribution in [1.29, 1.82) is 0 Å². The van der Waals surface area contributed by atoms with Crippen molar-refractivity contribution in [2.45, 2.75) is 39.8 Å². The van der Waals surface area contributed by atoms with E-state index in [1.54, 1.807) is 11.5 Å². The van der Waals surface area contributed by atoms with Crippen LogP contribution in [0.2, 0.25) is 0 Å². The second-order valence-corrected chi connectivity index (χ2v) is 6.15. The number of nitrogens with zero attached hydrogens (tertiary/aromatic N) is 2. The number of anilines is 1. The molecule has 0 bridgehead atoms. The average Bonchev–Trinajstić information content (AvgIpc) is 2.77. The summed E-state index contributed by atoms with van der Waals surface area (Å²) in [6, 6.07) is 9.46. The van der Waals surface area contributed by atoms with Crippen molar-refractivity contribution in [1.82, 2.24) is 9.27 Å². The van der Waals surface area contributed by atoms with Crippen LogP contribution in [0.3, 0.4) is 0 Å². The van der Waals surface area contributed by atoms with Gasteiger partial charge in [-0.3, -0.25) is 4.90 Å². The molecule has 104 valence electrons. The molecule has 0 aliphatic heterocycles. The smallest absolute Gasteiger partial charge is 0.117 e. The molecule has 1 aromatic heterocycles. The molecule has 0 saturated carbocycles. The molecule has 1 N–H and O–H groups in total. The van der Waals surface area contributed by atoms with Crippen molar-refractivity contribution in [3.8, 4) is 0 Å². The monoisotopic (exact) mass is 277 g/mol. The van der Waals surface area contributed by atoms with Crippen molar-refractivity contribution < 1.29 is 0 Å². The molecule has 1 aromatic carbocycles. The van der Waals surface area contributed by atoms with Gasteiger partial charge in [0.15, 0.2) is 0 Å². The SMILES string of the molecule is CC(C)N(CCNc1snc2ccccc12)C(C)C. The molecule has 0 radical (unpaired) electrons. The van der Waals surface area contributed by atoms with Gasteiger partial charge in [0, 0.05) is 30.6 Å². The van der Waals surface area contributed by atoms with Crippen LogP contribution < -0.4 is 5.32 Å². The van der Waals surface area contributed by atoms with Crippen LogP contribution in [0.4, 0.5) is 5.00 Å². The Hall–Kier alpha value is -1.13. The maximum atomic E-state index is 4.45. The number of aromatic nitrogens is 1. The number of benzene rings is 1. The van der Waals surface area contributed by atoms with Gasteiger partial charge in [-0.25, -0.2) is 0 Å². The van der Waals surface area contributed by atoms with Crippen LogP contribution in [-0.2, 0) is 0 Å². The van der Waals surface area contributed by atoms with Crippen LogP contribution in [0.25, 0.3) is 10.9 Å². The molecule has 4 heteroatoms. The molecule has 19 heavy (non-hydrogen) atoms. The topological polar surface area (TPSA) is 28.2 Å². The summed E-state index contributed by atoms with van der Waals surface area (Å²) < 4.78 is 4.45. The molecule has 0 fully saturated rings. The molecule has 0 aliphatic rings. The Bertz CT molecular complexity index is 511. The summed E-state index contributed by atoms with van der Waals surface area (Å²) in [5, 5.41) is 5.94. The predicted octanol–water partition coefficient (Wildman–Crippen LogP) is 3.83. The number of hydrogen-bond acceptors (Lipinski definition) is 4. The minimum atomic E-state index is 0.583. The summed E-state index contributed by atoms with van der Waals surface area (Å²) >= 11 is 1.55. The summed E-state index contributed by atoms with van der Waals surface area (Å²) in [6.45, 7) is 11.0. The third kappa shape index (κ3) is 3.45. The summed E-state index contributed by atoms with van der Waals surface area (Å²) in [7, 11) is 0. The van der Waals surface area contributed by atoms with Crippen molar-refractivity contribution in [2.75, 3.05) is 18.4 Å². The molecular weight excluding hydrogens is 254 g/mol. The van der Waals surface area contributed by atoms with E-state index in [-0.39, 0.29) is 0 Å². The predicted molar refractivity (Wildman–Crippen MR) is 85.1 cm³/mol. The number of rotatable bonds is 6. The Kier molecular flexibility index (Phi) is 4.77. The lowest BCUT2D eigenvalue weighted by Gasteiger charge is -2.30. The van der Waals surface area contributed by atoms with Crippen LogP contribution >= 0.6 is 11.5 Å². The lowest BCUT2D eigenvalue weighted by Crippen LogP contribution is -2.40. The zero-order chi connectivity index (χ0) is 13.8. The normalized spacial score (nSPS) is 11.9. The molecule has 3 nitrogen and oxygen atoms in total. The Balaban J connectivity index is 1.95. The summed E-state index contributed by atoms with van der Waals surface area (Å²) in [4.78, 5) is 2.50. The largest absolute Gasteiger partial charge is 0.374 e. The molecule has 0 amide bonds. The summed E-state index contributed by atoms with van der Waals surface area (Å²) in [5.41, 5.74) is 1.08. The van der Waals surface area contributed by atoms with Gasteiger partial charge in [-0.2, -0.15) is 4.37 Å². The molecule has 2 rings (SSSR count). The highest BCUT2D eigenvalue weighted by atomic mass is 32.1. The van der Waals surface area contributed by atoms with Gasteiger partial charge in [-0.1, -0.05) is 12.1 Å². The molecule has 0 aliphatic carbocycles. The van der Waals surface area contributed by atoms with Gasteiger partial charge < -0.3 is 5.32 Å². The van der Waals surface area contributed by atoms with Crippen LogP contribution in [0.15, 0.2) is 24.3 Å². The second-order valence-electron chi connectivity index (χ2n) is 5.38. The lowest BCUT2D eigenvalue weighted by atomic mass is 10.2. The second kappa shape index (κ2) is 6.35. The lowest BCUT2D eigenvalue weighted by molar-refractivity contribution is 0.182.